The van der Waals surface area contributed by atoms with E-state index in [9.17, 15) is 4.79 Å². The van der Waals surface area contributed by atoms with Crippen LogP contribution in [0.25, 0.3) is 0 Å². The summed E-state index contributed by atoms with van der Waals surface area (Å²) in [5.74, 6) is 0.471. The third-order valence-electron chi connectivity index (χ3n) is 1.46. The van der Waals surface area contributed by atoms with Crippen LogP contribution in [-0.2, 0) is 0 Å². The number of hydrogen-bond donors (Lipinski definition) is 1. The van der Waals surface area contributed by atoms with Gasteiger partial charge >= 0.3 is 0 Å². The SMILES string of the molecule is Cc1nnc(Sc2nc[nH]c(=O)c2Br)o1. The van der Waals surface area contributed by atoms with E-state index in [1.807, 2.05) is 0 Å². The second kappa shape index (κ2) is 4.15. The molecule has 0 spiro atoms. The number of hydrogen-bond acceptors (Lipinski definition) is 6. The van der Waals surface area contributed by atoms with E-state index in [1.54, 1.807) is 6.92 Å². The first-order valence-corrected chi connectivity index (χ1v) is 5.49. The number of aryl methyl sites for hydroxylation is 1. The summed E-state index contributed by atoms with van der Waals surface area (Å²) in [6.45, 7) is 1.69. The van der Waals surface area contributed by atoms with Gasteiger partial charge in [0.25, 0.3) is 10.8 Å². The molecule has 0 saturated heterocycles. The number of aromatic nitrogens is 4. The van der Waals surface area contributed by atoms with Crippen molar-refractivity contribution in [3.63, 3.8) is 0 Å². The fourth-order valence-electron chi connectivity index (χ4n) is 0.840. The van der Waals surface area contributed by atoms with Gasteiger partial charge in [-0.1, -0.05) is 0 Å². The number of aromatic amines is 1. The first-order valence-electron chi connectivity index (χ1n) is 3.88. The summed E-state index contributed by atoms with van der Waals surface area (Å²) in [4.78, 5) is 17.6. The third-order valence-corrected chi connectivity index (χ3v) is 3.30. The second-order valence-corrected chi connectivity index (χ2v) is 4.27. The standard InChI is InChI=1S/C7H5BrN4O2S/c1-3-11-12-7(14-3)15-6-4(8)5(13)9-2-10-6/h2H,1H3,(H,9,10,13). The van der Waals surface area contributed by atoms with Crippen LogP contribution in [0.15, 0.2) is 30.3 Å². The van der Waals surface area contributed by atoms with E-state index in [1.165, 1.54) is 6.33 Å². The lowest BCUT2D eigenvalue weighted by atomic mass is 10.7. The fraction of sp³-hybridized carbons (Fsp3) is 0.143. The van der Waals surface area contributed by atoms with E-state index in [-0.39, 0.29) is 5.56 Å². The Kier molecular flexibility index (Phi) is 2.87. The van der Waals surface area contributed by atoms with Crippen molar-refractivity contribution in [1.29, 1.82) is 0 Å². The van der Waals surface area contributed by atoms with Gasteiger partial charge in [0, 0.05) is 6.92 Å². The van der Waals surface area contributed by atoms with E-state index in [0.717, 1.165) is 11.8 Å². The van der Waals surface area contributed by atoms with Crippen molar-refractivity contribution in [2.24, 2.45) is 0 Å². The molecule has 0 bridgehead atoms. The van der Waals surface area contributed by atoms with Gasteiger partial charge in [0.1, 0.15) is 9.50 Å². The van der Waals surface area contributed by atoms with Crippen molar-refractivity contribution in [1.82, 2.24) is 20.2 Å². The molecule has 2 heterocycles. The number of rotatable bonds is 2. The van der Waals surface area contributed by atoms with Gasteiger partial charge < -0.3 is 9.40 Å². The van der Waals surface area contributed by atoms with Crippen molar-refractivity contribution >= 4 is 27.7 Å². The van der Waals surface area contributed by atoms with Gasteiger partial charge in [-0.25, -0.2) is 4.98 Å². The summed E-state index contributed by atoms with van der Waals surface area (Å²) in [6.07, 6.45) is 1.32. The molecule has 1 N–H and O–H groups in total. The molecular weight excluding hydrogens is 284 g/mol. The number of nitrogens with zero attached hydrogens (tertiary/aromatic N) is 3. The van der Waals surface area contributed by atoms with Gasteiger partial charge in [0.05, 0.1) is 6.33 Å². The Hall–Kier alpha value is -1.15. The summed E-state index contributed by atoms with van der Waals surface area (Å²) < 4.78 is 5.50. The van der Waals surface area contributed by atoms with E-state index >= 15 is 0 Å². The summed E-state index contributed by atoms with van der Waals surface area (Å²) in [5.41, 5.74) is -0.247. The molecule has 2 rings (SSSR count). The molecule has 15 heavy (non-hydrogen) atoms. The molecule has 0 aliphatic rings. The molecule has 78 valence electrons. The quantitative estimate of drug-likeness (QED) is 0.841. The summed E-state index contributed by atoms with van der Waals surface area (Å²) >= 11 is 4.26. The number of H-pyrrole nitrogens is 1. The first kappa shape index (κ1) is 10.4. The lowest BCUT2D eigenvalue weighted by molar-refractivity contribution is 0.429. The average molecular weight is 289 g/mol. The molecule has 2 aromatic heterocycles. The van der Waals surface area contributed by atoms with Crippen LogP contribution >= 0.6 is 27.7 Å². The Bertz CT molecular complexity index is 538. The van der Waals surface area contributed by atoms with Crippen LogP contribution in [-0.4, -0.2) is 20.2 Å². The van der Waals surface area contributed by atoms with Crippen molar-refractivity contribution in [2.45, 2.75) is 17.2 Å². The minimum atomic E-state index is -0.247. The molecule has 0 atom stereocenters. The number of halogens is 1. The largest absolute Gasteiger partial charge is 0.416 e. The van der Waals surface area contributed by atoms with Crippen molar-refractivity contribution in [2.75, 3.05) is 0 Å². The zero-order valence-corrected chi connectivity index (χ0v) is 9.92. The van der Waals surface area contributed by atoms with Crippen molar-refractivity contribution in [3.05, 3.63) is 27.0 Å². The zero-order chi connectivity index (χ0) is 10.8. The van der Waals surface area contributed by atoms with Gasteiger partial charge in [-0.2, -0.15) is 0 Å². The maximum absolute atomic E-state index is 11.2. The van der Waals surface area contributed by atoms with Crippen molar-refractivity contribution < 1.29 is 4.42 Å². The normalized spacial score (nSPS) is 10.5. The van der Waals surface area contributed by atoms with Crippen LogP contribution in [0.3, 0.4) is 0 Å². The Balaban J connectivity index is 2.32. The summed E-state index contributed by atoms with van der Waals surface area (Å²) in [7, 11) is 0. The average Bonchev–Trinajstić information content (AvgIpc) is 2.59. The van der Waals surface area contributed by atoms with Crippen LogP contribution in [0.4, 0.5) is 0 Å². The molecule has 6 nitrogen and oxygen atoms in total. The second-order valence-electron chi connectivity index (χ2n) is 2.54. The smallest absolute Gasteiger partial charge is 0.282 e. The molecule has 0 radical (unpaired) electrons. The highest BCUT2D eigenvalue weighted by atomic mass is 79.9. The summed E-state index contributed by atoms with van der Waals surface area (Å²) in [6, 6.07) is 0. The molecule has 0 unspecified atom stereocenters. The van der Waals surface area contributed by atoms with Gasteiger partial charge in [-0.05, 0) is 27.7 Å². The third kappa shape index (κ3) is 2.26. The molecule has 0 aromatic carbocycles. The zero-order valence-electron chi connectivity index (χ0n) is 7.52. The summed E-state index contributed by atoms with van der Waals surface area (Å²) in [5, 5.41) is 8.29. The topological polar surface area (TPSA) is 84.7 Å². The molecule has 0 fully saturated rings. The monoisotopic (exact) mass is 288 g/mol. The molecule has 0 aliphatic carbocycles. The van der Waals surface area contributed by atoms with Gasteiger partial charge in [-0.3, -0.25) is 4.79 Å². The first-order chi connectivity index (χ1) is 7.16. The predicted octanol–water partition coefficient (Wildman–Crippen LogP) is 1.38. The Morgan fingerprint density at radius 1 is 1.53 bits per heavy atom. The van der Waals surface area contributed by atoms with Crippen LogP contribution < -0.4 is 5.56 Å². The maximum Gasteiger partial charge on any atom is 0.282 e. The minimum Gasteiger partial charge on any atom is -0.416 e. The predicted molar refractivity (Wildman–Crippen MR) is 55.7 cm³/mol. The molecule has 0 saturated carbocycles. The fourth-order valence-corrected chi connectivity index (χ4v) is 2.00. The molecule has 2 aromatic rings. The Morgan fingerprint density at radius 3 is 3.00 bits per heavy atom. The van der Waals surface area contributed by atoms with Gasteiger partial charge in [0.15, 0.2) is 0 Å². The highest BCUT2D eigenvalue weighted by molar-refractivity contribution is 9.10. The lowest BCUT2D eigenvalue weighted by Crippen LogP contribution is -2.07. The van der Waals surface area contributed by atoms with Crippen molar-refractivity contribution in [3.8, 4) is 0 Å². The molecule has 8 heteroatoms. The minimum absolute atomic E-state index is 0.247. The highest BCUT2D eigenvalue weighted by Crippen LogP contribution is 2.27. The van der Waals surface area contributed by atoms with E-state index in [0.29, 0.717) is 20.6 Å². The van der Waals surface area contributed by atoms with E-state index in [4.69, 9.17) is 4.42 Å². The number of nitrogens with one attached hydrogen (secondary N) is 1. The van der Waals surface area contributed by atoms with Crippen LogP contribution in [0.5, 0.6) is 0 Å². The van der Waals surface area contributed by atoms with Gasteiger partial charge in [-0.15, -0.1) is 10.2 Å². The molecular formula is C7H5BrN4O2S. The van der Waals surface area contributed by atoms with Gasteiger partial charge in [0.2, 0.25) is 5.89 Å². The van der Waals surface area contributed by atoms with E-state index < -0.39 is 0 Å². The molecule has 0 amide bonds. The van der Waals surface area contributed by atoms with Crippen LogP contribution in [0, 0.1) is 6.92 Å². The van der Waals surface area contributed by atoms with Crippen LogP contribution in [0.1, 0.15) is 5.89 Å². The Morgan fingerprint density at radius 2 is 2.33 bits per heavy atom. The molecule has 0 aliphatic heterocycles. The highest BCUT2D eigenvalue weighted by Gasteiger charge is 2.11. The van der Waals surface area contributed by atoms with E-state index in [2.05, 4.69) is 36.1 Å². The lowest BCUT2D eigenvalue weighted by Gasteiger charge is -1.96. The maximum atomic E-state index is 11.2. The van der Waals surface area contributed by atoms with Crippen LogP contribution in [0.2, 0.25) is 0 Å². The Labute approximate surface area is 96.6 Å².